The van der Waals surface area contributed by atoms with Gasteiger partial charge in [-0.3, -0.25) is 19.7 Å². The van der Waals surface area contributed by atoms with E-state index in [2.05, 4.69) is 10.6 Å². The quantitative estimate of drug-likeness (QED) is 0.137. The molecule has 226 valence electrons. The highest BCUT2D eigenvalue weighted by molar-refractivity contribution is 7.89. The molecule has 13 nitrogen and oxygen atoms in total. The number of hydrogen-bond acceptors (Lipinski definition) is 10. The van der Waals surface area contributed by atoms with Crippen LogP contribution in [0.3, 0.4) is 0 Å². The summed E-state index contributed by atoms with van der Waals surface area (Å²) >= 11 is 7.37. The van der Waals surface area contributed by atoms with Crippen molar-refractivity contribution in [3.05, 3.63) is 41.4 Å². The first-order valence-electron chi connectivity index (χ1n) is 13.0. The van der Waals surface area contributed by atoms with Gasteiger partial charge in [-0.05, 0) is 55.2 Å². The van der Waals surface area contributed by atoms with Crippen LogP contribution in [0.5, 0.6) is 5.75 Å². The van der Waals surface area contributed by atoms with Gasteiger partial charge in [0.15, 0.2) is 0 Å². The molecule has 3 amide bonds. The molecule has 0 bridgehead atoms. The van der Waals surface area contributed by atoms with Crippen LogP contribution in [0.25, 0.3) is 21.3 Å². The summed E-state index contributed by atoms with van der Waals surface area (Å²) in [5.74, 6) is -2.38. The molecule has 16 heteroatoms. The number of aromatic nitrogens is 1. The van der Waals surface area contributed by atoms with Crippen molar-refractivity contribution >= 4 is 60.9 Å². The lowest BCUT2D eigenvalue weighted by Gasteiger charge is -2.39. The molecule has 1 saturated heterocycles. The number of nitrogens with two attached hydrogens (primary N) is 3. The van der Waals surface area contributed by atoms with Gasteiger partial charge in [0.1, 0.15) is 22.7 Å². The van der Waals surface area contributed by atoms with E-state index in [1.165, 1.54) is 28.4 Å². The zero-order valence-electron chi connectivity index (χ0n) is 22.6. The van der Waals surface area contributed by atoms with E-state index in [-0.39, 0.29) is 35.6 Å². The second-order valence-electron chi connectivity index (χ2n) is 10.1. The monoisotopic (exact) mass is 637 g/mol. The maximum absolute atomic E-state index is 13.0. The van der Waals surface area contributed by atoms with Crippen LogP contribution in [0.4, 0.5) is 0 Å². The zero-order valence-corrected chi connectivity index (χ0v) is 25.0. The molecule has 2 heterocycles. The van der Waals surface area contributed by atoms with Crippen LogP contribution < -0.4 is 27.2 Å². The molecule has 1 aromatic heterocycles. The summed E-state index contributed by atoms with van der Waals surface area (Å²) in [4.78, 5) is 43.2. The third-order valence-corrected chi connectivity index (χ3v) is 9.23. The fraction of sp³-hybridized carbons (Fsp3) is 0.385. The molecule has 4 unspecified atom stereocenters. The van der Waals surface area contributed by atoms with E-state index in [9.17, 15) is 27.9 Å². The number of amides is 3. The maximum Gasteiger partial charge on any atom is 0.241 e. The van der Waals surface area contributed by atoms with Crippen molar-refractivity contribution in [2.24, 2.45) is 16.6 Å². The SMILES string of the molecule is CC(N)NC(CC(N)=O)C(=O)NC1CCC(c2nc3cc(-c4ccc(O)c(S(N)(=O)=O)c4)ccc3s2)CN1C(=O)CCl. The summed E-state index contributed by atoms with van der Waals surface area (Å²) in [6, 6.07) is 8.70. The molecule has 1 aliphatic rings. The first-order valence-corrected chi connectivity index (χ1v) is 15.9. The predicted octanol–water partition coefficient (Wildman–Crippen LogP) is 0.842. The van der Waals surface area contributed by atoms with Gasteiger partial charge < -0.3 is 26.8 Å². The Balaban J connectivity index is 1.55. The molecule has 2 aromatic carbocycles. The number of benzene rings is 2. The van der Waals surface area contributed by atoms with E-state index in [0.717, 1.165) is 9.71 Å². The number of nitrogens with zero attached hydrogens (tertiary/aromatic N) is 2. The van der Waals surface area contributed by atoms with E-state index in [0.29, 0.717) is 29.5 Å². The van der Waals surface area contributed by atoms with Crippen molar-refractivity contribution in [2.75, 3.05) is 12.4 Å². The zero-order chi connectivity index (χ0) is 30.8. The Morgan fingerprint density at radius 1 is 1.19 bits per heavy atom. The smallest absolute Gasteiger partial charge is 0.241 e. The Kier molecular flexibility index (Phi) is 9.70. The summed E-state index contributed by atoms with van der Waals surface area (Å²) in [7, 11) is -4.12. The number of piperidine rings is 1. The average Bonchev–Trinajstić information content (AvgIpc) is 3.35. The number of primary sulfonamides is 1. The van der Waals surface area contributed by atoms with Crippen molar-refractivity contribution in [3.63, 3.8) is 0 Å². The number of sulfonamides is 1. The van der Waals surface area contributed by atoms with Crippen molar-refractivity contribution in [2.45, 2.75) is 55.4 Å². The lowest BCUT2D eigenvalue weighted by Crippen LogP contribution is -2.59. The summed E-state index contributed by atoms with van der Waals surface area (Å²) in [6.07, 6.45) is -0.436. The van der Waals surface area contributed by atoms with E-state index < -0.39 is 46.0 Å². The Morgan fingerprint density at radius 2 is 1.88 bits per heavy atom. The van der Waals surface area contributed by atoms with Crippen molar-refractivity contribution in [1.29, 1.82) is 0 Å². The molecule has 0 saturated carbocycles. The van der Waals surface area contributed by atoms with Gasteiger partial charge in [-0.1, -0.05) is 12.1 Å². The Bertz CT molecular complexity index is 1610. The fourth-order valence-electron chi connectivity index (χ4n) is 4.91. The van der Waals surface area contributed by atoms with Crippen molar-refractivity contribution < 1.29 is 27.9 Å². The third-order valence-electron chi connectivity index (χ3n) is 6.86. The third kappa shape index (κ3) is 7.35. The molecule has 4 rings (SSSR count). The van der Waals surface area contributed by atoms with Crippen molar-refractivity contribution in [3.8, 4) is 16.9 Å². The second kappa shape index (κ2) is 12.9. The van der Waals surface area contributed by atoms with E-state index >= 15 is 0 Å². The van der Waals surface area contributed by atoms with Crippen LogP contribution in [-0.4, -0.2) is 71.9 Å². The van der Waals surface area contributed by atoms with Gasteiger partial charge in [0.05, 0.1) is 33.9 Å². The summed E-state index contributed by atoms with van der Waals surface area (Å²) in [5, 5.41) is 21.6. The van der Waals surface area contributed by atoms with Gasteiger partial charge in [-0.25, -0.2) is 18.5 Å². The highest BCUT2D eigenvalue weighted by atomic mass is 35.5. The Labute approximate surface area is 251 Å². The minimum atomic E-state index is -4.12. The lowest BCUT2D eigenvalue weighted by atomic mass is 9.96. The van der Waals surface area contributed by atoms with E-state index in [1.54, 1.807) is 13.0 Å². The highest BCUT2D eigenvalue weighted by Crippen LogP contribution is 2.37. The number of carbonyl (C=O) groups excluding carboxylic acids is 3. The van der Waals surface area contributed by atoms with Gasteiger partial charge in [0, 0.05) is 12.5 Å². The minimum absolute atomic E-state index is 0.127. The summed E-state index contributed by atoms with van der Waals surface area (Å²) in [5.41, 5.74) is 13.0. The van der Waals surface area contributed by atoms with Gasteiger partial charge >= 0.3 is 0 Å². The molecule has 4 atom stereocenters. The number of thiazole rings is 1. The second-order valence-corrected chi connectivity index (χ2v) is 13.0. The normalized spacial score (nSPS) is 18.9. The Morgan fingerprint density at radius 3 is 2.52 bits per heavy atom. The largest absolute Gasteiger partial charge is 0.507 e. The summed E-state index contributed by atoms with van der Waals surface area (Å²) in [6.45, 7) is 1.89. The number of alkyl halides is 1. The number of primary amides is 1. The predicted molar refractivity (Wildman–Crippen MR) is 159 cm³/mol. The first kappa shape index (κ1) is 31.6. The number of likely N-dealkylation sites (tertiary alicyclic amines) is 1. The standard InChI is InChI=1S/C26H32ClN7O6S2/c1-13(28)31-18(10-22(29)36)25(38)33-23-7-4-16(12-34(23)24(37)11-27)26-32-17-8-14(3-6-20(17)41-26)15-2-5-19(35)21(9-15)42(30,39)40/h2-3,5-6,8-9,13,16,18,23,31,35H,4,7,10-12,28H2,1H3,(H2,29,36)(H,33,38)(H2,30,39,40). The number of nitrogens with one attached hydrogen (secondary N) is 2. The number of phenols is 1. The number of carbonyl (C=O) groups is 3. The number of aromatic hydroxyl groups is 1. The maximum atomic E-state index is 13.0. The molecule has 0 aliphatic carbocycles. The average molecular weight is 638 g/mol. The minimum Gasteiger partial charge on any atom is -0.507 e. The number of phenolic OH excluding ortho intramolecular Hbond substituents is 1. The molecule has 9 N–H and O–H groups in total. The van der Waals surface area contributed by atoms with Gasteiger partial charge in [0.25, 0.3) is 0 Å². The number of hydrogen-bond donors (Lipinski definition) is 6. The molecular weight excluding hydrogens is 606 g/mol. The number of halogens is 1. The van der Waals surface area contributed by atoms with Crippen LogP contribution in [0, 0.1) is 0 Å². The van der Waals surface area contributed by atoms with Gasteiger partial charge in [-0.2, -0.15) is 0 Å². The first-order chi connectivity index (χ1) is 19.8. The molecular formula is C26H32ClN7O6S2. The topological polar surface area (TPSA) is 224 Å². The van der Waals surface area contributed by atoms with Gasteiger partial charge in [0.2, 0.25) is 27.7 Å². The molecule has 1 aliphatic heterocycles. The van der Waals surface area contributed by atoms with Crippen LogP contribution in [0.1, 0.15) is 37.1 Å². The number of fused-ring (bicyclic) bond motifs is 1. The molecule has 3 aromatic rings. The summed E-state index contributed by atoms with van der Waals surface area (Å²) < 4.78 is 24.6. The highest BCUT2D eigenvalue weighted by Gasteiger charge is 2.35. The number of rotatable bonds is 10. The Hall–Kier alpha value is -3.34. The molecule has 0 spiro atoms. The van der Waals surface area contributed by atoms with Crippen LogP contribution in [0.2, 0.25) is 0 Å². The molecule has 1 fully saturated rings. The van der Waals surface area contributed by atoms with E-state index in [1.807, 2.05) is 18.2 Å². The molecule has 0 radical (unpaired) electrons. The fourth-order valence-corrected chi connectivity index (χ4v) is 6.78. The molecule has 42 heavy (non-hydrogen) atoms. The van der Waals surface area contributed by atoms with Crippen LogP contribution >= 0.6 is 22.9 Å². The van der Waals surface area contributed by atoms with Crippen LogP contribution in [-0.2, 0) is 24.4 Å². The van der Waals surface area contributed by atoms with Crippen molar-refractivity contribution in [1.82, 2.24) is 20.5 Å². The van der Waals surface area contributed by atoms with Gasteiger partial charge in [-0.15, -0.1) is 22.9 Å². The van der Waals surface area contributed by atoms with Crippen LogP contribution in [0.15, 0.2) is 41.3 Å². The van der Waals surface area contributed by atoms with E-state index in [4.69, 9.17) is 33.2 Å². The lowest BCUT2D eigenvalue weighted by molar-refractivity contribution is -0.137.